The number of aromatic nitrogens is 1. The Morgan fingerprint density at radius 3 is 2.74 bits per heavy atom. The zero-order chi connectivity index (χ0) is 18.8. The van der Waals surface area contributed by atoms with E-state index in [1.807, 2.05) is 21.9 Å². The summed E-state index contributed by atoms with van der Waals surface area (Å²) in [6, 6.07) is 9.71. The molecular formula is C21H22FN3O2. The van der Waals surface area contributed by atoms with E-state index >= 15 is 0 Å². The van der Waals surface area contributed by atoms with Gasteiger partial charge in [0.25, 0.3) is 5.91 Å². The fourth-order valence-electron chi connectivity index (χ4n) is 4.20. The van der Waals surface area contributed by atoms with Crippen LogP contribution in [0.2, 0.25) is 0 Å². The number of amides is 2. The number of benzene rings is 1. The van der Waals surface area contributed by atoms with Crippen molar-refractivity contribution in [3.63, 3.8) is 0 Å². The summed E-state index contributed by atoms with van der Waals surface area (Å²) in [4.78, 5) is 33.2. The fourth-order valence-corrected chi connectivity index (χ4v) is 4.20. The van der Waals surface area contributed by atoms with Crippen molar-refractivity contribution in [3.05, 3.63) is 65.7 Å². The van der Waals surface area contributed by atoms with E-state index in [1.54, 1.807) is 12.4 Å². The van der Waals surface area contributed by atoms with E-state index in [2.05, 4.69) is 4.98 Å². The standard InChI is InChI=1S/C21H22FN3O2/c22-18-6-3-16(4-7-18)21(27)24-11-9-19-17(14-24)5-8-20(26)25(19)13-15-2-1-10-23-12-15/h1-4,6-7,10,12,17,19H,5,8-9,11,13-14H2/t17-,19+/m0/s1. The molecule has 2 aliphatic rings. The normalized spacial score (nSPS) is 22.5. The molecule has 1 aromatic heterocycles. The third kappa shape index (κ3) is 3.70. The number of nitrogens with zero attached hydrogens (tertiary/aromatic N) is 3. The van der Waals surface area contributed by atoms with E-state index in [4.69, 9.17) is 0 Å². The Balaban J connectivity index is 1.46. The maximum atomic E-state index is 13.1. The number of rotatable bonds is 3. The molecule has 1 aromatic carbocycles. The summed E-state index contributed by atoms with van der Waals surface area (Å²) in [7, 11) is 0. The molecule has 5 nitrogen and oxygen atoms in total. The van der Waals surface area contributed by atoms with E-state index in [0.29, 0.717) is 31.6 Å². The van der Waals surface area contributed by atoms with Gasteiger partial charge in [-0.25, -0.2) is 4.39 Å². The summed E-state index contributed by atoms with van der Waals surface area (Å²) in [5.41, 5.74) is 1.53. The molecule has 2 fully saturated rings. The van der Waals surface area contributed by atoms with Crippen LogP contribution >= 0.6 is 0 Å². The van der Waals surface area contributed by atoms with Gasteiger partial charge in [-0.15, -0.1) is 0 Å². The highest BCUT2D eigenvalue weighted by Gasteiger charge is 2.40. The molecule has 0 bridgehead atoms. The molecule has 2 amide bonds. The molecule has 0 saturated carbocycles. The largest absolute Gasteiger partial charge is 0.338 e. The molecular weight excluding hydrogens is 345 g/mol. The van der Waals surface area contributed by atoms with Crippen LogP contribution in [-0.2, 0) is 11.3 Å². The van der Waals surface area contributed by atoms with Gasteiger partial charge in [-0.05, 0) is 54.7 Å². The number of piperidine rings is 2. The van der Waals surface area contributed by atoms with Gasteiger partial charge in [-0.3, -0.25) is 14.6 Å². The Kier molecular flexibility index (Phi) is 4.88. The Morgan fingerprint density at radius 2 is 2.00 bits per heavy atom. The zero-order valence-corrected chi connectivity index (χ0v) is 15.1. The van der Waals surface area contributed by atoms with Gasteiger partial charge in [0.05, 0.1) is 0 Å². The summed E-state index contributed by atoms with van der Waals surface area (Å²) in [6.45, 7) is 1.81. The average Bonchev–Trinajstić information content (AvgIpc) is 2.70. The quantitative estimate of drug-likeness (QED) is 0.838. The Bertz CT molecular complexity index is 825. The molecule has 0 aliphatic carbocycles. The first-order chi connectivity index (χ1) is 13.1. The molecule has 2 aliphatic heterocycles. The number of likely N-dealkylation sites (tertiary alicyclic amines) is 2. The van der Waals surface area contributed by atoms with Crippen LogP contribution in [0.15, 0.2) is 48.8 Å². The highest BCUT2D eigenvalue weighted by Crippen LogP contribution is 2.32. The number of hydrogen-bond acceptors (Lipinski definition) is 3. The summed E-state index contributed by atoms with van der Waals surface area (Å²) >= 11 is 0. The summed E-state index contributed by atoms with van der Waals surface area (Å²) in [5.74, 6) is 0.0437. The second-order valence-electron chi connectivity index (χ2n) is 7.30. The Morgan fingerprint density at radius 1 is 1.19 bits per heavy atom. The van der Waals surface area contributed by atoms with E-state index in [1.165, 1.54) is 24.3 Å². The number of carbonyl (C=O) groups is 2. The molecule has 3 heterocycles. The summed E-state index contributed by atoms with van der Waals surface area (Å²) in [5, 5.41) is 0. The predicted octanol–water partition coefficient (Wildman–Crippen LogP) is 2.87. The number of pyridine rings is 1. The molecule has 4 rings (SSSR count). The third-order valence-corrected chi connectivity index (χ3v) is 5.60. The number of hydrogen-bond donors (Lipinski definition) is 0. The Hall–Kier alpha value is -2.76. The fraction of sp³-hybridized carbons (Fsp3) is 0.381. The second kappa shape index (κ2) is 7.47. The smallest absolute Gasteiger partial charge is 0.253 e. The SMILES string of the molecule is O=C(c1ccc(F)cc1)N1CC[C@@H]2[C@@H](CCC(=O)N2Cc2cccnc2)C1. The summed E-state index contributed by atoms with van der Waals surface area (Å²) in [6.07, 6.45) is 5.61. The van der Waals surface area contributed by atoms with E-state index in [0.717, 1.165) is 18.4 Å². The minimum absolute atomic E-state index is 0.0656. The predicted molar refractivity (Wildman–Crippen MR) is 98.2 cm³/mol. The topological polar surface area (TPSA) is 53.5 Å². The molecule has 0 radical (unpaired) electrons. The first-order valence-electron chi connectivity index (χ1n) is 9.35. The molecule has 2 aromatic rings. The van der Waals surface area contributed by atoms with E-state index in [-0.39, 0.29) is 29.6 Å². The molecule has 0 unspecified atom stereocenters. The van der Waals surface area contributed by atoms with Crippen LogP contribution in [0, 0.1) is 11.7 Å². The van der Waals surface area contributed by atoms with Gasteiger partial charge in [0.1, 0.15) is 5.82 Å². The van der Waals surface area contributed by atoms with Crippen molar-refractivity contribution < 1.29 is 14.0 Å². The van der Waals surface area contributed by atoms with Crippen LogP contribution in [-0.4, -0.2) is 45.7 Å². The molecule has 2 atom stereocenters. The van der Waals surface area contributed by atoms with Crippen LogP contribution in [0.1, 0.15) is 35.2 Å². The van der Waals surface area contributed by atoms with Gasteiger partial charge < -0.3 is 9.80 Å². The molecule has 140 valence electrons. The number of fused-ring (bicyclic) bond motifs is 1. The van der Waals surface area contributed by atoms with Crippen LogP contribution in [0.3, 0.4) is 0 Å². The number of carbonyl (C=O) groups excluding carboxylic acids is 2. The van der Waals surface area contributed by atoms with Crippen molar-refractivity contribution in [1.82, 2.24) is 14.8 Å². The third-order valence-electron chi connectivity index (χ3n) is 5.60. The van der Waals surface area contributed by atoms with Crippen molar-refractivity contribution in [2.75, 3.05) is 13.1 Å². The lowest BCUT2D eigenvalue weighted by Crippen LogP contribution is -2.56. The van der Waals surface area contributed by atoms with Gasteiger partial charge in [0.15, 0.2) is 0 Å². The molecule has 27 heavy (non-hydrogen) atoms. The van der Waals surface area contributed by atoms with Crippen molar-refractivity contribution in [1.29, 1.82) is 0 Å². The maximum Gasteiger partial charge on any atom is 0.253 e. The van der Waals surface area contributed by atoms with Crippen LogP contribution < -0.4 is 0 Å². The van der Waals surface area contributed by atoms with Gasteiger partial charge in [-0.1, -0.05) is 6.07 Å². The van der Waals surface area contributed by atoms with Crippen LogP contribution in [0.25, 0.3) is 0 Å². The van der Waals surface area contributed by atoms with Gasteiger partial charge in [-0.2, -0.15) is 0 Å². The first-order valence-corrected chi connectivity index (χ1v) is 9.35. The maximum absolute atomic E-state index is 13.1. The average molecular weight is 367 g/mol. The van der Waals surface area contributed by atoms with Crippen LogP contribution in [0.5, 0.6) is 0 Å². The lowest BCUT2D eigenvalue weighted by Gasteiger charge is -2.47. The minimum atomic E-state index is -0.345. The molecule has 0 spiro atoms. The lowest BCUT2D eigenvalue weighted by atomic mass is 9.83. The van der Waals surface area contributed by atoms with E-state index in [9.17, 15) is 14.0 Å². The lowest BCUT2D eigenvalue weighted by molar-refractivity contribution is -0.141. The van der Waals surface area contributed by atoms with E-state index < -0.39 is 0 Å². The van der Waals surface area contributed by atoms with Crippen LogP contribution in [0.4, 0.5) is 4.39 Å². The van der Waals surface area contributed by atoms with Gasteiger partial charge in [0, 0.05) is 50.1 Å². The van der Waals surface area contributed by atoms with Crippen molar-refractivity contribution in [2.24, 2.45) is 5.92 Å². The van der Waals surface area contributed by atoms with Crippen molar-refractivity contribution in [2.45, 2.75) is 31.8 Å². The van der Waals surface area contributed by atoms with Gasteiger partial charge >= 0.3 is 0 Å². The molecule has 0 N–H and O–H groups in total. The first kappa shape index (κ1) is 17.6. The monoisotopic (exact) mass is 367 g/mol. The van der Waals surface area contributed by atoms with Crippen molar-refractivity contribution in [3.8, 4) is 0 Å². The molecule has 2 saturated heterocycles. The second-order valence-corrected chi connectivity index (χ2v) is 7.30. The highest BCUT2D eigenvalue weighted by atomic mass is 19.1. The zero-order valence-electron chi connectivity index (χ0n) is 15.1. The summed E-state index contributed by atoms with van der Waals surface area (Å²) < 4.78 is 13.1. The Labute approximate surface area is 157 Å². The number of halogens is 1. The molecule has 6 heteroatoms. The highest BCUT2D eigenvalue weighted by molar-refractivity contribution is 5.94. The van der Waals surface area contributed by atoms with Crippen molar-refractivity contribution >= 4 is 11.8 Å². The van der Waals surface area contributed by atoms with Gasteiger partial charge in [0.2, 0.25) is 5.91 Å². The minimum Gasteiger partial charge on any atom is -0.338 e.